The highest BCUT2D eigenvalue weighted by molar-refractivity contribution is 5.78. The maximum absolute atomic E-state index is 12.5. The molecular formula is C23H32N2O4. The molecular weight excluding hydrogens is 368 g/mol. The Morgan fingerprint density at radius 1 is 1.17 bits per heavy atom. The minimum absolute atomic E-state index is 0.0684. The summed E-state index contributed by atoms with van der Waals surface area (Å²) in [5.41, 5.74) is 1.24. The topological polar surface area (TPSA) is 59.1 Å². The molecule has 3 fully saturated rings. The summed E-state index contributed by atoms with van der Waals surface area (Å²) in [6.07, 6.45) is 5.86. The SMILES string of the molecule is O=C(COCc1ccccc1)N1CCC2(CCC(=O)N(C[C@H]3CCCO3)C2)CC1. The number of carbonyl (C=O) groups excluding carboxylic acids is 2. The van der Waals surface area contributed by atoms with Crippen LogP contribution in [-0.4, -0.2) is 67.1 Å². The van der Waals surface area contributed by atoms with Crippen LogP contribution in [0.4, 0.5) is 0 Å². The molecule has 0 bridgehead atoms. The zero-order valence-electron chi connectivity index (χ0n) is 17.2. The van der Waals surface area contributed by atoms with E-state index in [4.69, 9.17) is 9.47 Å². The van der Waals surface area contributed by atoms with E-state index in [9.17, 15) is 9.59 Å². The molecule has 1 atom stereocenters. The van der Waals surface area contributed by atoms with Gasteiger partial charge in [-0.25, -0.2) is 0 Å². The molecule has 0 radical (unpaired) electrons. The Morgan fingerprint density at radius 3 is 2.69 bits per heavy atom. The van der Waals surface area contributed by atoms with Gasteiger partial charge in [0.2, 0.25) is 11.8 Å². The van der Waals surface area contributed by atoms with Crippen molar-refractivity contribution in [3.63, 3.8) is 0 Å². The van der Waals surface area contributed by atoms with E-state index in [-0.39, 0.29) is 29.9 Å². The molecule has 6 heteroatoms. The first kappa shape index (κ1) is 20.4. The van der Waals surface area contributed by atoms with Gasteiger partial charge < -0.3 is 19.3 Å². The second kappa shape index (κ2) is 9.26. The number of carbonyl (C=O) groups is 2. The van der Waals surface area contributed by atoms with Gasteiger partial charge in [-0.3, -0.25) is 9.59 Å². The van der Waals surface area contributed by atoms with Gasteiger partial charge in [0, 0.05) is 39.2 Å². The Morgan fingerprint density at radius 2 is 1.97 bits per heavy atom. The van der Waals surface area contributed by atoms with Crippen molar-refractivity contribution >= 4 is 11.8 Å². The Hall–Kier alpha value is -1.92. The third-order valence-electron chi connectivity index (χ3n) is 6.71. The van der Waals surface area contributed by atoms with E-state index < -0.39 is 0 Å². The molecule has 0 saturated carbocycles. The first-order valence-electron chi connectivity index (χ1n) is 10.9. The molecule has 3 heterocycles. The zero-order valence-corrected chi connectivity index (χ0v) is 17.2. The van der Waals surface area contributed by atoms with E-state index in [0.717, 1.165) is 70.5 Å². The van der Waals surface area contributed by atoms with Crippen molar-refractivity contribution in [1.82, 2.24) is 9.80 Å². The van der Waals surface area contributed by atoms with Crippen LogP contribution in [0.5, 0.6) is 0 Å². The summed E-state index contributed by atoms with van der Waals surface area (Å²) in [6.45, 7) is 4.48. The first-order chi connectivity index (χ1) is 14.1. The van der Waals surface area contributed by atoms with E-state index >= 15 is 0 Å². The lowest BCUT2D eigenvalue weighted by Crippen LogP contribution is -2.54. The fraction of sp³-hybridized carbons (Fsp3) is 0.652. The maximum Gasteiger partial charge on any atom is 0.248 e. The Balaban J connectivity index is 1.23. The molecule has 3 saturated heterocycles. The number of ether oxygens (including phenoxy) is 2. The molecule has 4 rings (SSSR count). The number of hydrogen-bond acceptors (Lipinski definition) is 4. The molecule has 158 valence electrons. The van der Waals surface area contributed by atoms with Gasteiger partial charge in [0.15, 0.2) is 0 Å². The molecule has 0 aliphatic carbocycles. The van der Waals surface area contributed by atoms with Crippen LogP contribution in [0.1, 0.15) is 44.1 Å². The maximum atomic E-state index is 12.5. The lowest BCUT2D eigenvalue weighted by Gasteiger charge is -2.47. The predicted molar refractivity (Wildman–Crippen MR) is 109 cm³/mol. The summed E-state index contributed by atoms with van der Waals surface area (Å²) < 4.78 is 11.4. The largest absolute Gasteiger partial charge is 0.376 e. The van der Waals surface area contributed by atoms with Gasteiger partial charge in [-0.05, 0) is 43.1 Å². The molecule has 0 unspecified atom stereocenters. The quantitative estimate of drug-likeness (QED) is 0.737. The number of hydrogen-bond donors (Lipinski definition) is 0. The zero-order chi connectivity index (χ0) is 20.1. The summed E-state index contributed by atoms with van der Waals surface area (Å²) in [5, 5.41) is 0. The Labute approximate surface area is 173 Å². The number of amides is 2. The lowest BCUT2D eigenvalue weighted by molar-refractivity contribution is -0.145. The summed E-state index contributed by atoms with van der Waals surface area (Å²) in [4.78, 5) is 28.9. The third-order valence-corrected chi connectivity index (χ3v) is 6.71. The molecule has 29 heavy (non-hydrogen) atoms. The number of piperidine rings is 2. The number of benzene rings is 1. The van der Waals surface area contributed by atoms with Crippen LogP contribution in [0.15, 0.2) is 30.3 Å². The molecule has 6 nitrogen and oxygen atoms in total. The summed E-state index contributed by atoms with van der Waals surface area (Å²) in [6, 6.07) is 9.92. The highest BCUT2D eigenvalue weighted by Crippen LogP contribution is 2.40. The van der Waals surface area contributed by atoms with Crippen LogP contribution in [0.2, 0.25) is 0 Å². The first-order valence-corrected chi connectivity index (χ1v) is 10.9. The standard InChI is InChI=1S/C23H32N2O4/c26-21-8-9-23(18-25(21)15-20-7-4-14-29-20)10-12-24(13-11-23)22(27)17-28-16-19-5-2-1-3-6-19/h1-3,5-6,20H,4,7-18H2/t20-/m1/s1. The van der Waals surface area contributed by atoms with E-state index in [0.29, 0.717) is 13.0 Å². The van der Waals surface area contributed by atoms with E-state index in [2.05, 4.69) is 0 Å². The lowest BCUT2D eigenvalue weighted by atomic mass is 9.72. The third kappa shape index (κ3) is 5.17. The molecule has 0 N–H and O–H groups in total. The molecule has 3 aliphatic heterocycles. The van der Waals surface area contributed by atoms with Crippen LogP contribution >= 0.6 is 0 Å². The van der Waals surface area contributed by atoms with Gasteiger partial charge in [-0.1, -0.05) is 30.3 Å². The van der Waals surface area contributed by atoms with Crippen LogP contribution in [0.25, 0.3) is 0 Å². The van der Waals surface area contributed by atoms with Crippen LogP contribution in [-0.2, 0) is 25.7 Å². The Bertz CT molecular complexity index is 694. The van der Waals surface area contributed by atoms with Gasteiger partial charge in [0.25, 0.3) is 0 Å². The highest BCUT2D eigenvalue weighted by atomic mass is 16.5. The van der Waals surface area contributed by atoms with Crippen molar-refractivity contribution < 1.29 is 19.1 Å². The van der Waals surface area contributed by atoms with Gasteiger partial charge in [0.05, 0.1) is 12.7 Å². The van der Waals surface area contributed by atoms with Gasteiger partial charge in [-0.2, -0.15) is 0 Å². The summed E-state index contributed by atoms with van der Waals surface area (Å²) >= 11 is 0. The number of likely N-dealkylation sites (tertiary alicyclic amines) is 2. The van der Waals surface area contributed by atoms with Crippen molar-refractivity contribution in [2.45, 2.75) is 51.2 Å². The van der Waals surface area contributed by atoms with E-state index in [1.165, 1.54) is 0 Å². The summed E-state index contributed by atoms with van der Waals surface area (Å²) in [7, 11) is 0. The average molecular weight is 401 g/mol. The van der Waals surface area contributed by atoms with Crippen molar-refractivity contribution in [1.29, 1.82) is 0 Å². The van der Waals surface area contributed by atoms with Crippen molar-refractivity contribution in [2.24, 2.45) is 5.41 Å². The second-order valence-corrected chi connectivity index (χ2v) is 8.77. The molecule has 2 amide bonds. The van der Waals surface area contributed by atoms with Gasteiger partial charge in [0.1, 0.15) is 6.61 Å². The van der Waals surface area contributed by atoms with Crippen molar-refractivity contribution in [2.75, 3.05) is 39.4 Å². The molecule has 3 aliphatic rings. The summed E-state index contributed by atoms with van der Waals surface area (Å²) in [5.74, 6) is 0.331. The normalized spacial score (nSPS) is 24.3. The monoisotopic (exact) mass is 400 g/mol. The van der Waals surface area contributed by atoms with Gasteiger partial charge in [-0.15, -0.1) is 0 Å². The number of rotatable bonds is 6. The molecule has 1 aromatic rings. The van der Waals surface area contributed by atoms with Crippen molar-refractivity contribution in [3.05, 3.63) is 35.9 Å². The van der Waals surface area contributed by atoms with Crippen LogP contribution in [0.3, 0.4) is 0 Å². The van der Waals surface area contributed by atoms with Crippen molar-refractivity contribution in [3.8, 4) is 0 Å². The molecule has 0 aromatic heterocycles. The Kier molecular flexibility index (Phi) is 6.50. The smallest absolute Gasteiger partial charge is 0.248 e. The fourth-order valence-corrected chi connectivity index (χ4v) is 4.86. The van der Waals surface area contributed by atoms with E-state index in [1.807, 2.05) is 40.1 Å². The molecule has 1 aromatic carbocycles. The highest BCUT2D eigenvalue weighted by Gasteiger charge is 2.42. The average Bonchev–Trinajstić information content (AvgIpc) is 3.25. The fourth-order valence-electron chi connectivity index (χ4n) is 4.86. The van der Waals surface area contributed by atoms with E-state index in [1.54, 1.807) is 0 Å². The molecule has 1 spiro atoms. The minimum atomic E-state index is 0.0684. The second-order valence-electron chi connectivity index (χ2n) is 8.77. The number of nitrogens with zero attached hydrogens (tertiary/aromatic N) is 2. The van der Waals surface area contributed by atoms with Crippen LogP contribution in [0, 0.1) is 5.41 Å². The van der Waals surface area contributed by atoms with Crippen LogP contribution < -0.4 is 0 Å². The van der Waals surface area contributed by atoms with Gasteiger partial charge >= 0.3 is 0 Å². The predicted octanol–water partition coefficient (Wildman–Crippen LogP) is 2.61. The minimum Gasteiger partial charge on any atom is -0.376 e.